The van der Waals surface area contributed by atoms with Gasteiger partial charge in [-0.15, -0.1) is 0 Å². The van der Waals surface area contributed by atoms with Crippen LogP contribution in [0.2, 0.25) is 10.0 Å². The minimum Gasteiger partial charge on any atom is -0.490 e. The van der Waals surface area contributed by atoms with Gasteiger partial charge in [0, 0.05) is 11.2 Å². The molecule has 21 heavy (non-hydrogen) atoms. The minimum absolute atomic E-state index is 0.246. The number of fused-ring (bicyclic) bond motifs is 1. The lowest BCUT2D eigenvalue weighted by Crippen LogP contribution is -2.05. The van der Waals surface area contributed by atoms with Crippen LogP contribution in [0.25, 0.3) is 0 Å². The van der Waals surface area contributed by atoms with Crippen LogP contribution >= 0.6 is 39.1 Å². The van der Waals surface area contributed by atoms with E-state index in [0.29, 0.717) is 10.0 Å². The molecule has 0 aromatic heterocycles. The van der Waals surface area contributed by atoms with Crippen molar-refractivity contribution in [1.82, 2.24) is 0 Å². The smallest absolute Gasteiger partial charge is 0.123 e. The summed E-state index contributed by atoms with van der Waals surface area (Å²) in [5.41, 5.74) is 3.72. The van der Waals surface area contributed by atoms with Gasteiger partial charge in [-0.05, 0) is 48.2 Å². The van der Waals surface area contributed by atoms with Gasteiger partial charge in [-0.2, -0.15) is 0 Å². The Kier molecular flexibility index (Phi) is 4.49. The zero-order chi connectivity index (χ0) is 15.0. The molecule has 1 nitrogen and oxygen atoms in total. The molecule has 0 saturated carbocycles. The fourth-order valence-corrected chi connectivity index (χ4v) is 3.61. The van der Waals surface area contributed by atoms with Crippen LogP contribution in [0.1, 0.15) is 28.4 Å². The Morgan fingerprint density at radius 1 is 1.19 bits per heavy atom. The summed E-state index contributed by atoms with van der Waals surface area (Å²) in [5.74, 6) is 1.01. The average Bonchev–Trinajstić information content (AvgIpc) is 2.82. The Hall–Kier alpha value is -0.700. The summed E-state index contributed by atoms with van der Waals surface area (Å²) in [6.45, 7) is 2.10. The molecule has 2 atom stereocenters. The summed E-state index contributed by atoms with van der Waals surface area (Å²) in [6, 6.07) is 12.2. The number of hydrogen-bond acceptors (Lipinski definition) is 1. The maximum Gasteiger partial charge on any atom is 0.123 e. The predicted octanol–water partition coefficient (Wildman–Crippen LogP) is 6.00. The number of ether oxygens (including phenoxy) is 1. The molecule has 0 spiro atoms. The average molecular weight is 386 g/mol. The van der Waals surface area contributed by atoms with Gasteiger partial charge in [0.25, 0.3) is 0 Å². The maximum absolute atomic E-state index is 6.07. The highest BCUT2D eigenvalue weighted by Crippen LogP contribution is 2.35. The van der Waals surface area contributed by atoms with E-state index in [1.54, 1.807) is 0 Å². The highest BCUT2D eigenvalue weighted by Gasteiger charge is 2.20. The topological polar surface area (TPSA) is 9.23 Å². The Labute approximate surface area is 143 Å². The normalized spacial score (nSPS) is 18.2. The quantitative estimate of drug-likeness (QED) is 0.589. The second-order valence-corrected chi connectivity index (χ2v) is 7.34. The summed E-state index contributed by atoms with van der Waals surface area (Å²) >= 11 is 15.8. The van der Waals surface area contributed by atoms with Gasteiger partial charge in [-0.1, -0.05) is 57.3 Å². The molecule has 1 heterocycles. The highest BCUT2D eigenvalue weighted by molar-refractivity contribution is 9.09. The fourth-order valence-electron chi connectivity index (χ4n) is 2.63. The molecule has 2 aromatic rings. The van der Waals surface area contributed by atoms with Crippen molar-refractivity contribution >= 4 is 39.1 Å². The molecule has 1 aliphatic rings. The molecule has 2 unspecified atom stereocenters. The summed E-state index contributed by atoms with van der Waals surface area (Å²) in [6.07, 6.45) is 2.13. The first kappa shape index (κ1) is 15.2. The van der Waals surface area contributed by atoms with E-state index in [1.807, 2.05) is 18.2 Å². The van der Waals surface area contributed by atoms with E-state index >= 15 is 0 Å². The van der Waals surface area contributed by atoms with E-state index in [2.05, 4.69) is 41.1 Å². The van der Waals surface area contributed by atoms with Crippen LogP contribution in [0.4, 0.5) is 0 Å². The zero-order valence-electron chi connectivity index (χ0n) is 11.6. The van der Waals surface area contributed by atoms with Gasteiger partial charge < -0.3 is 4.74 Å². The van der Waals surface area contributed by atoms with E-state index in [4.69, 9.17) is 27.9 Å². The first-order chi connectivity index (χ1) is 10.0. The van der Waals surface area contributed by atoms with Gasteiger partial charge in [0.05, 0.1) is 10.0 Å². The number of benzene rings is 2. The maximum atomic E-state index is 6.07. The Balaban J connectivity index is 1.78. The number of alkyl halides is 1. The third kappa shape index (κ3) is 3.39. The Morgan fingerprint density at radius 3 is 2.76 bits per heavy atom. The van der Waals surface area contributed by atoms with Crippen molar-refractivity contribution in [3.05, 3.63) is 63.1 Å². The molecule has 0 fully saturated rings. The third-order valence-corrected chi connectivity index (χ3v) is 5.27. The summed E-state index contributed by atoms with van der Waals surface area (Å²) in [7, 11) is 0. The largest absolute Gasteiger partial charge is 0.490 e. The van der Waals surface area contributed by atoms with Gasteiger partial charge in [-0.25, -0.2) is 0 Å². The van der Waals surface area contributed by atoms with Crippen LogP contribution in [0.15, 0.2) is 36.4 Å². The fraction of sp³-hybridized carbons (Fsp3) is 0.294. The van der Waals surface area contributed by atoms with Crippen molar-refractivity contribution in [3.8, 4) is 5.75 Å². The summed E-state index contributed by atoms with van der Waals surface area (Å²) < 4.78 is 5.74. The van der Waals surface area contributed by atoms with Crippen LogP contribution in [-0.4, -0.2) is 6.10 Å². The van der Waals surface area contributed by atoms with Crippen molar-refractivity contribution in [2.45, 2.75) is 30.7 Å². The van der Waals surface area contributed by atoms with Crippen molar-refractivity contribution in [2.24, 2.45) is 0 Å². The lowest BCUT2D eigenvalue weighted by Gasteiger charge is -2.12. The van der Waals surface area contributed by atoms with Gasteiger partial charge >= 0.3 is 0 Å². The number of rotatable bonds is 3. The van der Waals surface area contributed by atoms with Crippen molar-refractivity contribution in [3.63, 3.8) is 0 Å². The molecular formula is C17H15BrCl2O. The number of halogens is 3. The van der Waals surface area contributed by atoms with E-state index in [9.17, 15) is 0 Å². The second-order valence-electron chi connectivity index (χ2n) is 5.42. The standard InChI is InChI=1S/C17H15BrCl2O/c1-10-6-13-9-12(3-5-17(13)21-10)14(18)7-11-2-4-15(19)16(20)8-11/h2-5,8-10,14H,6-7H2,1H3. The van der Waals surface area contributed by atoms with Gasteiger partial charge in [0.2, 0.25) is 0 Å². The van der Waals surface area contributed by atoms with Crippen LogP contribution < -0.4 is 4.74 Å². The molecular weight excluding hydrogens is 371 g/mol. The van der Waals surface area contributed by atoms with Crippen LogP contribution in [-0.2, 0) is 12.8 Å². The highest BCUT2D eigenvalue weighted by atomic mass is 79.9. The first-order valence-corrected chi connectivity index (χ1v) is 8.57. The summed E-state index contributed by atoms with van der Waals surface area (Å²) in [5, 5.41) is 1.19. The van der Waals surface area contributed by atoms with Gasteiger partial charge in [-0.3, -0.25) is 0 Å². The first-order valence-electron chi connectivity index (χ1n) is 6.90. The molecule has 0 bridgehead atoms. The van der Waals surface area contributed by atoms with E-state index < -0.39 is 0 Å². The molecule has 0 N–H and O–H groups in total. The molecule has 3 rings (SSSR count). The molecule has 110 valence electrons. The molecule has 2 aromatic carbocycles. The van der Waals surface area contributed by atoms with E-state index in [0.717, 1.165) is 24.2 Å². The molecule has 0 amide bonds. The van der Waals surface area contributed by atoms with Crippen molar-refractivity contribution < 1.29 is 4.74 Å². The third-order valence-electron chi connectivity index (χ3n) is 3.68. The number of hydrogen-bond donors (Lipinski definition) is 0. The molecule has 0 aliphatic carbocycles. The Morgan fingerprint density at radius 2 is 2.00 bits per heavy atom. The van der Waals surface area contributed by atoms with Crippen LogP contribution in [0.3, 0.4) is 0 Å². The van der Waals surface area contributed by atoms with Crippen LogP contribution in [0, 0.1) is 0 Å². The van der Waals surface area contributed by atoms with Gasteiger partial charge in [0.15, 0.2) is 0 Å². The monoisotopic (exact) mass is 384 g/mol. The van der Waals surface area contributed by atoms with E-state index in [-0.39, 0.29) is 10.9 Å². The molecule has 0 saturated heterocycles. The second kappa shape index (κ2) is 6.20. The zero-order valence-corrected chi connectivity index (χ0v) is 14.7. The lowest BCUT2D eigenvalue weighted by atomic mass is 10.0. The molecule has 0 radical (unpaired) electrons. The predicted molar refractivity (Wildman–Crippen MR) is 92.1 cm³/mol. The lowest BCUT2D eigenvalue weighted by molar-refractivity contribution is 0.254. The van der Waals surface area contributed by atoms with Crippen molar-refractivity contribution in [1.29, 1.82) is 0 Å². The minimum atomic E-state index is 0.246. The molecule has 1 aliphatic heterocycles. The van der Waals surface area contributed by atoms with E-state index in [1.165, 1.54) is 11.1 Å². The summed E-state index contributed by atoms with van der Waals surface area (Å²) in [4.78, 5) is 0.246. The van der Waals surface area contributed by atoms with Crippen molar-refractivity contribution in [2.75, 3.05) is 0 Å². The Bertz CT molecular complexity index is 672. The van der Waals surface area contributed by atoms with Crippen LogP contribution in [0.5, 0.6) is 5.75 Å². The SMILES string of the molecule is CC1Cc2cc(C(Br)Cc3ccc(Cl)c(Cl)c3)ccc2O1. The molecule has 4 heteroatoms. The van der Waals surface area contributed by atoms with Gasteiger partial charge in [0.1, 0.15) is 11.9 Å².